The molecule has 2 aromatic rings. The molecule has 0 spiro atoms. The maximum Gasteiger partial charge on any atom is 0.305 e. The van der Waals surface area contributed by atoms with Gasteiger partial charge in [-0.25, -0.2) is 4.99 Å². The number of aromatic nitrogens is 1. The fraction of sp³-hybridized carbons (Fsp3) is 0.323. The Kier molecular flexibility index (Phi) is 8.71. The predicted molar refractivity (Wildman–Crippen MR) is 153 cm³/mol. The minimum atomic E-state index is -0.379. The van der Waals surface area contributed by atoms with Crippen LogP contribution in [-0.4, -0.2) is 48.7 Å². The highest BCUT2D eigenvalue weighted by Gasteiger charge is 2.25. The molecule has 2 aliphatic rings. The van der Waals surface area contributed by atoms with Crippen LogP contribution in [-0.2, 0) is 28.7 Å². The van der Waals surface area contributed by atoms with Crippen LogP contribution in [0.1, 0.15) is 62.0 Å². The van der Waals surface area contributed by atoms with Gasteiger partial charge in [-0.15, -0.1) is 0 Å². The molecule has 0 aliphatic carbocycles. The Morgan fingerprint density at radius 3 is 2.00 bits per heavy atom. The molecule has 0 fully saturated rings. The van der Waals surface area contributed by atoms with Gasteiger partial charge in [-0.2, -0.15) is 0 Å². The van der Waals surface area contributed by atoms with Crippen molar-refractivity contribution >= 4 is 47.7 Å². The number of furan rings is 1. The molecule has 41 heavy (non-hydrogen) atoms. The number of hydrogen-bond acceptors (Lipinski definition) is 7. The second kappa shape index (κ2) is 12.2. The molecule has 2 aliphatic heterocycles. The van der Waals surface area contributed by atoms with E-state index in [4.69, 9.17) is 4.42 Å². The van der Waals surface area contributed by atoms with Crippen molar-refractivity contribution in [1.82, 2.24) is 10.3 Å². The lowest BCUT2D eigenvalue weighted by molar-refractivity contribution is -0.141. The molecule has 4 rings (SSSR count). The van der Waals surface area contributed by atoms with Gasteiger partial charge in [0.05, 0.1) is 19.9 Å². The van der Waals surface area contributed by atoms with Crippen molar-refractivity contribution in [3.05, 3.63) is 73.5 Å². The van der Waals surface area contributed by atoms with Crippen LogP contribution in [0.3, 0.4) is 0 Å². The third-order valence-corrected chi connectivity index (χ3v) is 7.45. The smallest absolute Gasteiger partial charge is 0.305 e. The van der Waals surface area contributed by atoms with Gasteiger partial charge in [0.2, 0.25) is 0 Å². The van der Waals surface area contributed by atoms with Crippen molar-refractivity contribution in [2.45, 2.75) is 53.4 Å². The number of carbonyl (C=O) groups excluding carboxylic acids is 4. The van der Waals surface area contributed by atoms with Gasteiger partial charge >= 0.3 is 11.9 Å². The van der Waals surface area contributed by atoms with E-state index in [1.165, 1.54) is 14.2 Å². The number of amides is 2. The lowest BCUT2D eigenvalue weighted by atomic mass is 10.0. The first-order valence-corrected chi connectivity index (χ1v) is 13.2. The number of aromatic amines is 1. The van der Waals surface area contributed by atoms with Gasteiger partial charge < -0.3 is 24.2 Å². The highest BCUT2D eigenvalue weighted by atomic mass is 16.5. The highest BCUT2D eigenvalue weighted by molar-refractivity contribution is 6.30. The number of allylic oxidation sites excluding steroid dienone is 2. The van der Waals surface area contributed by atoms with Crippen molar-refractivity contribution in [3.63, 3.8) is 0 Å². The normalized spacial score (nSPS) is 17.2. The number of esters is 2. The number of aliphatic imine (C=N–C) groups is 1. The monoisotopic (exact) mass is 559 g/mol. The first-order chi connectivity index (χ1) is 19.5. The number of rotatable bonds is 9. The molecule has 4 heterocycles. The number of hydrogen-bond donors (Lipinski definition) is 2. The van der Waals surface area contributed by atoms with Crippen molar-refractivity contribution in [3.8, 4) is 0 Å². The largest absolute Gasteiger partial charge is 0.469 e. The molecule has 214 valence electrons. The van der Waals surface area contributed by atoms with Crippen molar-refractivity contribution in [2.75, 3.05) is 14.2 Å². The lowest BCUT2D eigenvalue weighted by Crippen LogP contribution is -2.17. The first kappa shape index (κ1) is 29.3. The number of ether oxygens (including phenoxy) is 2. The van der Waals surface area contributed by atoms with Gasteiger partial charge in [0.15, 0.2) is 0 Å². The summed E-state index contributed by atoms with van der Waals surface area (Å²) < 4.78 is 15.3. The second-order valence-corrected chi connectivity index (χ2v) is 9.90. The van der Waals surface area contributed by atoms with Gasteiger partial charge in [0, 0.05) is 53.2 Å². The van der Waals surface area contributed by atoms with Crippen LogP contribution in [0.4, 0.5) is 0 Å². The van der Waals surface area contributed by atoms with E-state index in [0.29, 0.717) is 45.4 Å². The average molecular weight is 560 g/mol. The number of carbonyl (C=O) groups is 4. The summed E-state index contributed by atoms with van der Waals surface area (Å²) in [5.74, 6) is -1.30. The number of nitrogens with zero attached hydrogens (tertiary/aromatic N) is 1. The molecule has 0 radical (unpaired) electrons. The SMILES string of the molecule is COC(=O)CCC1=C(C)C(/C=c2\cc/c(=C\c3[nH]c(/C=C4\NC(=O)C(CCC(=O)OC)=C4C)c(C)c3C)o2)=NC1=O. The Bertz CT molecular complexity index is 1690. The standard InChI is InChI=1S/C31H33N3O7/c1-16-17(2)26(15-27-19(4)23(31(38)34-27)10-12-29(36)40-6)32-24(16)13-20-7-8-21(41-20)14-25-18(3)22(30(37)33-25)9-11-28(35)39-5/h7-8,13-15,32H,9-12H2,1-6H3,(H,34,38)/b20-13+,21-14+,27-15-. The van der Waals surface area contributed by atoms with Crippen LogP contribution < -0.4 is 16.1 Å². The first-order valence-electron chi connectivity index (χ1n) is 13.2. The van der Waals surface area contributed by atoms with Gasteiger partial charge in [-0.05, 0) is 81.0 Å². The predicted octanol–water partition coefficient (Wildman–Crippen LogP) is 2.83. The van der Waals surface area contributed by atoms with E-state index in [9.17, 15) is 19.2 Å². The van der Waals surface area contributed by atoms with Crippen LogP contribution in [0, 0.1) is 13.8 Å². The molecular formula is C31H33N3O7. The van der Waals surface area contributed by atoms with Crippen LogP contribution in [0.5, 0.6) is 0 Å². The molecule has 10 nitrogen and oxygen atoms in total. The summed E-state index contributed by atoms with van der Waals surface area (Å²) in [6, 6.07) is 3.62. The average Bonchev–Trinajstić information content (AvgIpc) is 3.65. The zero-order valence-electron chi connectivity index (χ0n) is 24.0. The maximum atomic E-state index is 12.5. The summed E-state index contributed by atoms with van der Waals surface area (Å²) in [7, 11) is 2.64. The fourth-order valence-electron chi connectivity index (χ4n) is 4.71. The molecular weight excluding hydrogens is 526 g/mol. The Morgan fingerprint density at radius 1 is 0.829 bits per heavy atom. The summed E-state index contributed by atoms with van der Waals surface area (Å²) in [6.45, 7) is 7.65. The molecule has 0 aromatic carbocycles. The number of H-pyrrole nitrogens is 1. The van der Waals surface area contributed by atoms with E-state index >= 15 is 0 Å². The van der Waals surface area contributed by atoms with Crippen LogP contribution in [0.2, 0.25) is 0 Å². The molecule has 0 saturated heterocycles. The Labute approximate surface area is 237 Å². The number of methoxy groups -OCH3 is 2. The molecule has 2 N–H and O–H groups in total. The zero-order valence-corrected chi connectivity index (χ0v) is 24.0. The molecule has 2 aromatic heterocycles. The van der Waals surface area contributed by atoms with E-state index in [1.807, 2.05) is 39.0 Å². The summed E-state index contributed by atoms with van der Waals surface area (Å²) in [4.78, 5) is 55.4. The molecule has 0 bridgehead atoms. The summed E-state index contributed by atoms with van der Waals surface area (Å²) in [5, 5.41) is 2.89. The molecule has 10 heteroatoms. The van der Waals surface area contributed by atoms with E-state index in [1.54, 1.807) is 19.1 Å². The maximum absolute atomic E-state index is 12.5. The van der Waals surface area contributed by atoms with Crippen LogP contribution >= 0.6 is 0 Å². The Morgan fingerprint density at radius 2 is 1.39 bits per heavy atom. The topological polar surface area (TPSA) is 140 Å². The van der Waals surface area contributed by atoms with Gasteiger partial charge in [-0.3, -0.25) is 19.2 Å². The third kappa shape index (κ3) is 6.37. The van der Waals surface area contributed by atoms with Crippen LogP contribution in [0.15, 0.2) is 49.5 Å². The fourth-order valence-corrected chi connectivity index (χ4v) is 4.71. The van der Waals surface area contributed by atoms with Crippen LogP contribution in [0.25, 0.3) is 18.2 Å². The second-order valence-electron chi connectivity index (χ2n) is 9.90. The third-order valence-electron chi connectivity index (χ3n) is 7.45. The van der Waals surface area contributed by atoms with Crippen molar-refractivity contribution in [1.29, 1.82) is 0 Å². The van der Waals surface area contributed by atoms with E-state index < -0.39 is 0 Å². The van der Waals surface area contributed by atoms with E-state index in [2.05, 4.69) is 24.8 Å². The van der Waals surface area contributed by atoms with Crippen molar-refractivity contribution < 1.29 is 33.1 Å². The summed E-state index contributed by atoms with van der Waals surface area (Å²) in [6.07, 6.45) is 6.31. The van der Waals surface area contributed by atoms with Gasteiger partial charge in [0.1, 0.15) is 10.8 Å². The molecule has 0 unspecified atom stereocenters. The Hall–Kier alpha value is -4.73. The van der Waals surface area contributed by atoms with Crippen molar-refractivity contribution in [2.24, 2.45) is 4.99 Å². The van der Waals surface area contributed by atoms with E-state index in [0.717, 1.165) is 28.1 Å². The molecule has 0 atom stereocenters. The summed E-state index contributed by atoms with van der Waals surface area (Å²) >= 11 is 0. The summed E-state index contributed by atoms with van der Waals surface area (Å²) in [5.41, 5.74) is 8.65. The quantitative estimate of drug-likeness (QED) is 0.450. The van der Waals surface area contributed by atoms with Gasteiger partial charge in [0.25, 0.3) is 11.8 Å². The number of nitrogens with one attached hydrogen (secondary N) is 2. The zero-order chi connectivity index (χ0) is 29.8. The van der Waals surface area contributed by atoms with E-state index in [-0.39, 0.29) is 43.0 Å². The highest BCUT2D eigenvalue weighted by Crippen LogP contribution is 2.28. The Balaban J connectivity index is 1.57. The van der Waals surface area contributed by atoms with Gasteiger partial charge in [-0.1, -0.05) is 0 Å². The minimum Gasteiger partial charge on any atom is -0.469 e. The molecule has 2 amide bonds. The molecule has 0 saturated carbocycles. The lowest BCUT2D eigenvalue weighted by Gasteiger charge is -2.01. The minimum absolute atomic E-state index is 0.115.